The van der Waals surface area contributed by atoms with Crippen molar-refractivity contribution >= 4 is 5.97 Å². The molecule has 3 rings (SSSR count). The Morgan fingerprint density at radius 3 is 2.84 bits per heavy atom. The van der Waals surface area contributed by atoms with E-state index in [1.165, 1.54) is 19.3 Å². The van der Waals surface area contributed by atoms with Crippen molar-refractivity contribution in [1.82, 2.24) is 10.2 Å². The van der Waals surface area contributed by atoms with Crippen LogP contribution in [0.3, 0.4) is 0 Å². The first-order valence-electron chi connectivity index (χ1n) is 10.3. The smallest absolute Gasteiger partial charge is 0.311 e. The topological polar surface area (TPSA) is 41.6 Å². The van der Waals surface area contributed by atoms with Crippen LogP contribution in [0.2, 0.25) is 0 Å². The monoisotopic (exact) mass is 348 g/mol. The maximum Gasteiger partial charge on any atom is 0.311 e. The molecule has 1 saturated heterocycles. The van der Waals surface area contributed by atoms with Crippen LogP contribution in [0, 0.1) is 23.2 Å². The van der Waals surface area contributed by atoms with Crippen molar-refractivity contribution in [2.24, 2.45) is 23.2 Å². The summed E-state index contributed by atoms with van der Waals surface area (Å²) in [6, 6.07) is 0. The molecule has 1 saturated carbocycles. The van der Waals surface area contributed by atoms with E-state index in [1.54, 1.807) is 5.57 Å². The number of hydrogen-bond acceptors (Lipinski definition) is 4. The first-order chi connectivity index (χ1) is 12.0. The fourth-order valence-corrected chi connectivity index (χ4v) is 5.32. The van der Waals surface area contributed by atoms with E-state index in [0.717, 1.165) is 39.1 Å². The zero-order chi connectivity index (χ0) is 18.0. The van der Waals surface area contributed by atoms with Gasteiger partial charge >= 0.3 is 5.97 Å². The number of carbonyl (C=O) groups is 1. The molecule has 0 bridgehead atoms. The molecule has 0 spiro atoms. The van der Waals surface area contributed by atoms with Gasteiger partial charge < -0.3 is 15.0 Å². The van der Waals surface area contributed by atoms with Crippen molar-refractivity contribution in [2.45, 2.75) is 59.5 Å². The highest BCUT2D eigenvalue weighted by Gasteiger charge is 2.51. The van der Waals surface area contributed by atoms with E-state index in [2.05, 4.69) is 44.0 Å². The fourth-order valence-electron chi connectivity index (χ4n) is 5.32. The van der Waals surface area contributed by atoms with Crippen LogP contribution in [0.1, 0.15) is 53.4 Å². The van der Waals surface area contributed by atoms with E-state index in [9.17, 15) is 4.79 Å². The van der Waals surface area contributed by atoms with E-state index >= 15 is 0 Å². The van der Waals surface area contributed by atoms with Crippen molar-refractivity contribution in [3.05, 3.63) is 11.6 Å². The summed E-state index contributed by atoms with van der Waals surface area (Å²) in [5.41, 5.74) is 1.86. The number of likely N-dealkylation sites (N-methyl/N-ethyl adjacent to an activating group) is 1. The summed E-state index contributed by atoms with van der Waals surface area (Å²) in [6.07, 6.45) is 7.41. The van der Waals surface area contributed by atoms with Crippen molar-refractivity contribution < 1.29 is 9.53 Å². The number of fused-ring (bicyclic) bond motifs is 2. The molecule has 1 N–H and O–H groups in total. The Bertz CT molecular complexity index is 514. The van der Waals surface area contributed by atoms with Gasteiger partial charge in [0, 0.05) is 25.6 Å². The normalized spacial score (nSPS) is 37.5. The predicted octanol–water partition coefficient (Wildman–Crippen LogP) is 3.23. The van der Waals surface area contributed by atoms with E-state index in [1.807, 2.05) is 0 Å². The molecular weight excluding hydrogens is 312 g/mol. The predicted molar refractivity (Wildman–Crippen MR) is 101 cm³/mol. The first kappa shape index (κ1) is 18.9. The van der Waals surface area contributed by atoms with Gasteiger partial charge in [0.05, 0.1) is 5.92 Å². The quantitative estimate of drug-likeness (QED) is 0.436. The van der Waals surface area contributed by atoms with Gasteiger partial charge in [-0.25, -0.2) is 0 Å². The minimum absolute atomic E-state index is 0.00659. The third-order valence-corrected chi connectivity index (χ3v) is 6.94. The molecule has 0 unspecified atom stereocenters. The molecule has 1 heterocycles. The highest BCUT2D eigenvalue weighted by molar-refractivity contribution is 5.76. The molecule has 4 nitrogen and oxygen atoms in total. The molecule has 5 atom stereocenters. The van der Waals surface area contributed by atoms with Gasteiger partial charge in [0.2, 0.25) is 0 Å². The molecule has 0 aromatic heterocycles. The third-order valence-electron chi connectivity index (χ3n) is 6.94. The second-order valence-corrected chi connectivity index (χ2v) is 8.57. The van der Waals surface area contributed by atoms with Crippen LogP contribution in [0.25, 0.3) is 0 Å². The van der Waals surface area contributed by atoms with E-state index in [-0.39, 0.29) is 29.3 Å². The molecule has 2 fully saturated rings. The maximum atomic E-state index is 12.5. The number of allylic oxidation sites excluding steroid dienone is 1. The lowest BCUT2D eigenvalue weighted by Gasteiger charge is -2.46. The van der Waals surface area contributed by atoms with E-state index in [0.29, 0.717) is 5.92 Å². The van der Waals surface area contributed by atoms with E-state index < -0.39 is 0 Å². The molecule has 25 heavy (non-hydrogen) atoms. The molecule has 1 aliphatic heterocycles. The average Bonchev–Trinajstić information content (AvgIpc) is 2.87. The van der Waals surface area contributed by atoms with Crippen molar-refractivity contribution in [3.8, 4) is 0 Å². The Kier molecular flexibility index (Phi) is 5.89. The average molecular weight is 349 g/mol. The van der Waals surface area contributed by atoms with Crippen LogP contribution in [0.4, 0.5) is 0 Å². The van der Waals surface area contributed by atoms with E-state index in [4.69, 9.17) is 4.74 Å². The molecule has 0 aromatic carbocycles. The Hall–Kier alpha value is -0.870. The van der Waals surface area contributed by atoms with Crippen LogP contribution >= 0.6 is 0 Å². The molecule has 0 radical (unpaired) electrons. The van der Waals surface area contributed by atoms with Gasteiger partial charge in [-0.1, -0.05) is 45.8 Å². The standard InChI is InChI=1S/C21H36N2O2/c1-5-23(6-2)11-10-22-14-17-16-12-18-15(3)8-7-9-21(18,4)13-19(16)25-20(17)24/h12,15-17,19,22H,5-11,13-14H2,1-4H3/t15-,16+,17+,19+,21+/m0/s1. The summed E-state index contributed by atoms with van der Waals surface area (Å²) in [7, 11) is 0. The number of nitrogens with zero attached hydrogens (tertiary/aromatic N) is 1. The van der Waals surface area contributed by atoms with Crippen molar-refractivity contribution in [2.75, 3.05) is 32.7 Å². The Balaban J connectivity index is 1.63. The fraction of sp³-hybridized carbons (Fsp3) is 0.857. The van der Waals surface area contributed by atoms with Crippen molar-refractivity contribution in [3.63, 3.8) is 0 Å². The van der Waals surface area contributed by atoms with Crippen molar-refractivity contribution in [1.29, 1.82) is 0 Å². The maximum absolute atomic E-state index is 12.5. The van der Waals surface area contributed by atoms with Crippen LogP contribution < -0.4 is 5.32 Å². The summed E-state index contributed by atoms with van der Waals surface area (Å²) in [5, 5.41) is 3.51. The number of rotatable bonds is 7. The summed E-state index contributed by atoms with van der Waals surface area (Å²) in [6.45, 7) is 14.0. The number of ether oxygens (including phenoxy) is 1. The third kappa shape index (κ3) is 3.80. The number of esters is 1. The molecular formula is C21H36N2O2. The van der Waals surface area contributed by atoms with Gasteiger partial charge in [-0.05, 0) is 43.7 Å². The Labute approximate surface area is 153 Å². The molecule has 0 amide bonds. The highest BCUT2D eigenvalue weighted by Crippen LogP contribution is 2.53. The first-order valence-corrected chi connectivity index (χ1v) is 10.3. The largest absolute Gasteiger partial charge is 0.461 e. The van der Waals surface area contributed by atoms with Gasteiger partial charge in [-0.2, -0.15) is 0 Å². The van der Waals surface area contributed by atoms with Gasteiger partial charge in [0.1, 0.15) is 6.10 Å². The molecule has 4 heteroatoms. The number of nitrogens with one attached hydrogen (secondary N) is 1. The molecule has 3 aliphatic rings. The van der Waals surface area contributed by atoms with Gasteiger partial charge in [-0.15, -0.1) is 0 Å². The van der Waals surface area contributed by atoms with Gasteiger partial charge in [-0.3, -0.25) is 4.79 Å². The highest BCUT2D eigenvalue weighted by atomic mass is 16.6. The summed E-state index contributed by atoms with van der Waals surface area (Å²) in [5.74, 6) is 0.939. The van der Waals surface area contributed by atoms with Gasteiger partial charge in [0.15, 0.2) is 0 Å². The molecule has 2 aliphatic carbocycles. The summed E-state index contributed by atoms with van der Waals surface area (Å²) < 4.78 is 5.81. The SMILES string of the molecule is CCN(CC)CCNC[C@H]1C(=O)O[C@@H]2C[C@@]3(C)CCC[C@H](C)C3=C[C@@H]21. The zero-order valence-electron chi connectivity index (χ0n) is 16.5. The van der Waals surface area contributed by atoms with Crippen LogP contribution in [-0.2, 0) is 9.53 Å². The lowest BCUT2D eigenvalue weighted by atomic mass is 9.59. The number of hydrogen-bond donors (Lipinski definition) is 1. The number of carbonyl (C=O) groups excluding carboxylic acids is 1. The Morgan fingerprint density at radius 2 is 2.12 bits per heavy atom. The minimum atomic E-state index is -0.00659. The lowest BCUT2D eigenvalue weighted by molar-refractivity contribution is -0.145. The van der Waals surface area contributed by atoms with Gasteiger partial charge in [0.25, 0.3) is 0 Å². The lowest BCUT2D eigenvalue weighted by Crippen LogP contribution is -2.41. The second kappa shape index (κ2) is 7.79. The second-order valence-electron chi connectivity index (χ2n) is 8.57. The Morgan fingerprint density at radius 1 is 1.36 bits per heavy atom. The van der Waals surface area contributed by atoms with Crippen LogP contribution in [-0.4, -0.2) is 49.7 Å². The zero-order valence-corrected chi connectivity index (χ0v) is 16.5. The van der Waals surface area contributed by atoms with Crippen LogP contribution in [0.5, 0.6) is 0 Å². The van der Waals surface area contributed by atoms with Crippen LogP contribution in [0.15, 0.2) is 11.6 Å². The summed E-state index contributed by atoms with van der Waals surface area (Å²) >= 11 is 0. The summed E-state index contributed by atoms with van der Waals surface area (Å²) in [4.78, 5) is 14.9. The molecule has 142 valence electrons. The molecule has 0 aromatic rings. The minimum Gasteiger partial charge on any atom is -0.461 e.